The zero-order valence-electron chi connectivity index (χ0n) is 31.1. The summed E-state index contributed by atoms with van der Waals surface area (Å²) in [4.78, 5) is 16.9. The van der Waals surface area contributed by atoms with Crippen LogP contribution < -0.4 is 9.64 Å². The van der Waals surface area contributed by atoms with E-state index < -0.39 is 23.0 Å². The molecular weight excluding hydrogens is 687 g/mol. The predicted molar refractivity (Wildman–Crippen MR) is 204 cm³/mol. The Morgan fingerprint density at radius 2 is 1.63 bits per heavy atom. The van der Waals surface area contributed by atoms with Crippen molar-refractivity contribution < 1.29 is 17.9 Å². The minimum Gasteiger partial charge on any atom is -0.457 e. The normalized spacial score (nSPS) is 13.8. The molecule has 8 nitrogen and oxygen atoms in total. The van der Waals surface area contributed by atoms with Gasteiger partial charge in [0, 0.05) is 38.3 Å². The van der Waals surface area contributed by atoms with E-state index in [1.807, 2.05) is 17.3 Å². The number of aromatic nitrogens is 4. The average molecular weight is 734 g/mol. The van der Waals surface area contributed by atoms with Crippen LogP contribution in [0.25, 0.3) is 16.9 Å². The first-order chi connectivity index (χ1) is 24.7. The molecule has 0 saturated carbocycles. The molecule has 0 radical (unpaired) electrons. The van der Waals surface area contributed by atoms with Gasteiger partial charge < -0.3 is 14.5 Å². The highest BCUT2D eigenvalue weighted by Crippen LogP contribution is 2.40. The van der Waals surface area contributed by atoms with E-state index in [0.29, 0.717) is 37.0 Å². The van der Waals surface area contributed by atoms with Gasteiger partial charge in [-0.1, -0.05) is 51.4 Å². The number of fused-ring (bicyclic) bond motifs is 1. The second kappa shape index (κ2) is 16.4. The Bertz CT molecular complexity index is 2020. The fourth-order valence-corrected chi connectivity index (χ4v) is 6.27. The summed E-state index contributed by atoms with van der Waals surface area (Å²) < 4.78 is 49.9. The third-order valence-corrected chi connectivity index (χ3v) is 9.57. The molecule has 1 aliphatic heterocycles. The van der Waals surface area contributed by atoms with Crippen molar-refractivity contribution in [2.45, 2.75) is 73.6 Å². The van der Waals surface area contributed by atoms with Crippen LogP contribution in [-0.2, 0) is 5.41 Å². The van der Waals surface area contributed by atoms with Crippen molar-refractivity contribution in [3.05, 3.63) is 94.2 Å². The number of halogens is 4. The molecule has 5 aromatic rings. The maximum Gasteiger partial charge on any atom is 0.255 e. The van der Waals surface area contributed by atoms with Crippen molar-refractivity contribution >= 4 is 35.2 Å². The smallest absolute Gasteiger partial charge is 0.255 e. The van der Waals surface area contributed by atoms with Crippen molar-refractivity contribution in [1.82, 2.24) is 24.5 Å². The topological polar surface area (TPSA) is 71.2 Å². The summed E-state index contributed by atoms with van der Waals surface area (Å²) in [7, 11) is 0. The predicted octanol–water partition coefficient (Wildman–Crippen LogP) is 10.5. The number of hydrogen-bond acceptors (Lipinski definition) is 6. The van der Waals surface area contributed by atoms with Gasteiger partial charge in [0.1, 0.15) is 46.2 Å². The minimum atomic E-state index is -1.04. The Kier molecular flexibility index (Phi) is 12.1. The summed E-state index contributed by atoms with van der Waals surface area (Å²) in [6.45, 7) is 20.5. The molecule has 0 bridgehead atoms. The third kappa shape index (κ3) is 8.86. The lowest BCUT2D eigenvalue weighted by molar-refractivity contribution is 0.435. The molecule has 12 heteroatoms. The van der Waals surface area contributed by atoms with Crippen molar-refractivity contribution in [3.63, 3.8) is 0 Å². The van der Waals surface area contributed by atoms with Crippen molar-refractivity contribution in [2.75, 3.05) is 31.1 Å². The van der Waals surface area contributed by atoms with Crippen molar-refractivity contribution in [1.29, 1.82) is 0 Å². The lowest BCUT2D eigenvalue weighted by atomic mass is 9.87. The number of ether oxygens (including phenoxy) is 1. The van der Waals surface area contributed by atoms with Gasteiger partial charge in [0.05, 0.1) is 23.2 Å². The molecule has 0 amide bonds. The summed E-state index contributed by atoms with van der Waals surface area (Å²) in [5.74, 6) is -0.131. The van der Waals surface area contributed by atoms with E-state index in [9.17, 15) is 13.2 Å². The van der Waals surface area contributed by atoms with Gasteiger partial charge in [-0.25, -0.2) is 18.2 Å². The number of benzene rings is 3. The van der Waals surface area contributed by atoms with E-state index in [4.69, 9.17) is 16.3 Å². The third-order valence-electron chi connectivity index (χ3n) is 9.29. The molecule has 3 heterocycles. The van der Waals surface area contributed by atoms with E-state index in [0.717, 1.165) is 54.2 Å². The maximum atomic E-state index is 14.5. The van der Waals surface area contributed by atoms with Gasteiger partial charge in [0.2, 0.25) is 0 Å². The van der Waals surface area contributed by atoms with Crippen LogP contribution >= 0.6 is 11.6 Å². The zero-order valence-corrected chi connectivity index (χ0v) is 31.9. The monoisotopic (exact) mass is 733 g/mol. The first-order valence-electron chi connectivity index (χ1n) is 17.7. The largest absolute Gasteiger partial charge is 0.457 e. The Morgan fingerprint density at radius 3 is 2.27 bits per heavy atom. The molecule has 0 unspecified atom stereocenters. The Balaban J connectivity index is 0.000000201. The van der Waals surface area contributed by atoms with Gasteiger partial charge in [-0.3, -0.25) is 0 Å². The van der Waals surface area contributed by atoms with Gasteiger partial charge in [-0.2, -0.15) is 19.6 Å². The van der Waals surface area contributed by atoms with Crippen LogP contribution in [0.5, 0.6) is 11.5 Å². The standard InChI is InChI=1S/C23H32N2O.C17H15ClF3N5/c1-8-25(9-2)16-24-21-13-18(4)22(14-17(21)3)26-20-12-10-11-19(15-20)23(5,6)7;1-9-2-4-25(5-3-9)16-14(13-11(20)6-10(19)7-12(13)21)15(18)24-17-22-8-23-26(16)17/h10-16H,8-9H2,1-7H3;6-9H,2-5H2,1H3. The van der Waals surface area contributed by atoms with Gasteiger partial charge in [0.25, 0.3) is 5.78 Å². The van der Waals surface area contributed by atoms with Crippen LogP contribution in [0.4, 0.5) is 24.7 Å². The molecule has 1 fully saturated rings. The SMILES string of the molecule is CC1CCN(c2c(-c3c(F)cc(F)cc3F)c(Cl)nc3ncnn23)CC1.CCN(C=Nc1cc(C)c(Oc2cccc(C(C)(C)C)c2)cc1C)CC. The summed E-state index contributed by atoms with van der Waals surface area (Å²) >= 11 is 6.29. The summed E-state index contributed by atoms with van der Waals surface area (Å²) in [5.41, 5.74) is 4.19. The fraction of sp³-hybridized carbons (Fsp3) is 0.400. The lowest BCUT2D eigenvalue weighted by Crippen LogP contribution is -2.35. The van der Waals surface area contributed by atoms with E-state index in [2.05, 4.69) is 111 Å². The van der Waals surface area contributed by atoms with Crippen LogP contribution in [0.1, 0.15) is 71.1 Å². The highest BCUT2D eigenvalue weighted by molar-refractivity contribution is 6.33. The minimum absolute atomic E-state index is 0.0502. The molecule has 1 saturated heterocycles. The molecule has 0 spiro atoms. The second-order valence-electron chi connectivity index (χ2n) is 14.2. The van der Waals surface area contributed by atoms with Gasteiger partial charge in [-0.05, 0) is 92.8 Å². The number of piperidine rings is 1. The number of rotatable bonds is 8. The van der Waals surface area contributed by atoms with E-state index in [-0.39, 0.29) is 21.9 Å². The molecule has 6 rings (SSSR count). The zero-order chi connectivity index (χ0) is 37.7. The fourth-order valence-electron chi connectivity index (χ4n) is 6.02. The van der Waals surface area contributed by atoms with Crippen LogP contribution in [0.2, 0.25) is 5.15 Å². The second-order valence-corrected chi connectivity index (χ2v) is 14.6. The molecule has 0 aliphatic carbocycles. The van der Waals surface area contributed by atoms with Crippen LogP contribution in [0.3, 0.4) is 0 Å². The molecule has 2 aromatic heterocycles. The molecule has 52 heavy (non-hydrogen) atoms. The van der Waals surface area contributed by atoms with Crippen LogP contribution in [0.15, 0.2) is 59.9 Å². The quantitative estimate of drug-likeness (QED) is 0.0898. The Hall–Kier alpha value is -4.64. The van der Waals surface area contributed by atoms with Gasteiger partial charge >= 0.3 is 0 Å². The van der Waals surface area contributed by atoms with Gasteiger partial charge in [-0.15, -0.1) is 0 Å². The van der Waals surface area contributed by atoms with E-state index in [1.54, 1.807) is 0 Å². The van der Waals surface area contributed by atoms with Crippen molar-refractivity contribution in [2.24, 2.45) is 10.9 Å². The van der Waals surface area contributed by atoms with E-state index in [1.165, 1.54) is 16.4 Å². The van der Waals surface area contributed by atoms with Crippen molar-refractivity contribution in [3.8, 4) is 22.6 Å². The Morgan fingerprint density at radius 1 is 0.962 bits per heavy atom. The summed E-state index contributed by atoms with van der Waals surface area (Å²) in [5, 5.41) is 4.03. The highest BCUT2D eigenvalue weighted by atomic mass is 35.5. The number of aliphatic imine (C=N–C) groups is 1. The van der Waals surface area contributed by atoms with Gasteiger partial charge in [0.15, 0.2) is 0 Å². The highest BCUT2D eigenvalue weighted by Gasteiger charge is 2.29. The maximum absolute atomic E-state index is 14.5. The van der Waals surface area contributed by atoms with Crippen LogP contribution in [0, 0.1) is 37.2 Å². The number of anilines is 1. The average Bonchev–Trinajstić information content (AvgIpc) is 3.55. The molecule has 0 N–H and O–H groups in total. The molecule has 3 aromatic carbocycles. The Labute approximate surface area is 309 Å². The summed E-state index contributed by atoms with van der Waals surface area (Å²) in [6.07, 6.45) is 5.07. The molecule has 0 atom stereocenters. The first kappa shape index (κ1) is 38.6. The molecular formula is C40H47ClF3N7O. The lowest BCUT2D eigenvalue weighted by Gasteiger charge is -2.33. The number of aryl methyl sites for hydroxylation is 2. The number of nitrogens with zero attached hydrogens (tertiary/aromatic N) is 7. The molecule has 276 valence electrons. The van der Waals surface area contributed by atoms with Crippen LogP contribution in [-0.4, -0.2) is 57.0 Å². The summed E-state index contributed by atoms with van der Waals surface area (Å²) in [6, 6.07) is 13.8. The molecule has 1 aliphatic rings. The first-order valence-corrected chi connectivity index (χ1v) is 18.0. The van der Waals surface area contributed by atoms with E-state index >= 15 is 0 Å². The number of hydrogen-bond donors (Lipinski definition) is 0.